The van der Waals surface area contributed by atoms with E-state index < -0.39 is 38.2 Å². The molecule has 2 N–H and O–H groups in total. The lowest BCUT2D eigenvalue weighted by molar-refractivity contribution is 0.103. The molecule has 0 spiro atoms. The third kappa shape index (κ3) is 4.66. The maximum atomic E-state index is 13.9. The molecule has 0 fully saturated rings. The number of halogens is 3. The minimum Gasteiger partial charge on any atom is -0.491 e. The Bertz CT molecular complexity index is 1160. The van der Waals surface area contributed by atoms with Crippen molar-refractivity contribution in [1.82, 2.24) is 0 Å². The van der Waals surface area contributed by atoms with Crippen molar-refractivity contribution < 1.29 is 26.7 Å². The average Bonchev–Trinajstić information content (AvgIpc) is 3.09. The van der Waals surface area contributed by atoms with Crippen molar-refractivity contribution in [2.45, 2.75) is 4.90 Å². The first-order valence-corrected chi connectivity index (χ1v) is 10.7. The number of rotatable bonds is 6. The number of sulfonamides is 1. The summed E-state index contributed by atoms with van der Waals surface area (Å²) in [5.41, 5.74) is 0.384. The van der Waals surface area contributed by atoms with Crippen molar-refractivity contribution in [3.05, 3.63) is 69.4 Å². The molecule has 0 unspecified atom stereocenters. The summed E-state index contributed by atoms with van der Waals surface area (Å²) >= 11 is 6.87. The van der Waals surface area contributed by atoms with Crippen LogP contribution in [-0.2, 0) is 10.0 Å². The van der Waals surface area contributed by atoms with Crippen LogP contribution >= 0.6 is 22.9 Å². The van der Waals surface area contributed by atoms with Gasteiger partial charge in [-0.2, -0.15) is 0 Å². The normalized spacial score (nSPS) is 11.2. The van der Waals surface area contributed by atoms with E-state index in [-0.39, 0.29) is 10.6 Å². The van der Waals surface area contributed by atoms with Crippen LogP contribution in [0.3, 0.4) is 0 Å². The van der Waals surface area contributed by atoms with Crippen LogP contribution in [0.15, 0.2) is 52.7 Å². The smallest absolute Gasteiger partial charge is 0.267 e. The average molecular weight is 459 g/mol. The summed E-state index contributed by atoms with van der Waals surface area (Å²) in [4.78, 5) is 11.9. The van der Waals surface area contributed by atoms with Crippen molar-refractivity contribution in [2.75, 3.05) is 17.1 Å². The molecule has 1 amide bonds. The standard InChI is InChI=1S/C18H13ClF2N2O4S2/c1-27-16-13(20)8-12(9-14(16)21)29(25,26)23-15-5-6-28-17(15)18(24)22-11-4-2-3-10(19)7-11/h2-9,23H,1H3,(H,22,24). The Morgan fingerprint density at radius 1 is 1.14 bits per heavy atom. The first-order valence-electron chi connectivity index (χ1n) is 7.91. The Labute approximate surface area is 174 Å². The van der Waals surface area contributed by atoms with Crippen LogP contribution in [0, 0.1) is 11.6 Å². The molecule has 0 aliphatic rings. The van der Waals surface area contributed by atoms with Gasteiger partial charge < -0.3 is 10.1 Å². The van der Waals surface area contributed by atoms with E-state index in [2.05, 4.69) is 14.8 Å². The molecule has 0 radical (unpaired) electrons. The van der Waals surface area contributed by atoms with E-state index in [0.717, 1.165) is 18.4 Å². The van der Waals surface area contributed by atoms with Gasteiger partial charge in [-0.15, -0.1) is 11.3 Å². The molecule has 0 bridgehead atoms. The molecular formula is C18H13ClF2N2O4S2. The van der Waals surface area contributed by atoms with Crippen molar-refractivity contribution in [1.29, 1.82) is 0 Å². The topological polar surface area (TPSA) is 84.5 Å². The molecule has 0 aliphatic heterocycles. The number of ether oxygens (including phenoxy) is 1. The second kappa shape index (κ2) is 8.36. The molecule has 11 heteroatoms. The van der Waals surface area contributed by atoms with Crippen molar-refractivity contribution >= 4 is 50.2 Å². The van der Waals surface area contributed by atoms with Crippen LogP contribution in [0.5, 0.6) is 5.75 Å². The van der Waals surface area contributed by atoms with Crippen molar-refractivity contribution in [3.63, 3.8) is 0 Å². The lowest BCUT2D eigenvalue weighted by Gasteiger charge is -2.11. The van der Waals surface area contributed by atoms with Crippen LogP contribution in [0.25, 0.3) is 0 Å². The van der Waals surface area contributed by atoms with Gasteiger partial charge in [-0.05, 0) is 41.8 Å². The van der Waals surface area contributed by atoms with Crippen LogP contribution in [0.2, 0.25) is 5.02 Å². The SMILES string of the molecule is COc1c(F)cc(S(=O)(=O)Nc2ccsc2C(=O)Nc2cccc(Cl)c2)cc1F. The fourth-order valence-electron chi connectivity index (χ4n) is 2.41. The predicted octanol–water partition coefficient (Wildman–Crippen LogP) is 4.74. The van der Waals surface area contributed by atoms with E-state index in [1.807, 2.05) is 0 Å². The number of hydrogen-bond acceptors (Lipinski definition) is 5. The van der Waals surface area contributed by atoms with Gasteiger partial charge in [0.2, 0.25) is 0 Å². The number of thiophene rings is 1. The van der Waals surface area contributed by atoms with Gasteiger partial charge in [0.1, 0.15) is 4.88 Å². The third-order valence-corrected chi connectivity index (χ3v) is 6.18. The van der Waals surface area contributed by atoms with Crippen LogP contribution < -0.4 is 14.8 Å². The molecule has 6 nitrogen and oxygen atoms in total. The molecule has 29 heavy (non-hydrogen) atoms. The number of methoxy groups -OCH3 is 1. The summed E-state index contributed by atoms with van der Waals surface area (Å²) in [6.45, 7) is 0. The molecule has 1 aromatic heterocycles. The molecule has 3 rings (SSSR count). The Balaban J connectivity index is 1.86. The van der Waals surface area contributed by atoms with Crippen molar-refractivity contribution in [3.8, 4) is 5.75 Å². The molecule has 1 heterocycles. The summed E-state index contributed by atoms with van der Waals surface area (Å²) in [6.07, 6.45) is 0. The minimum atomic E-state index is -4.37. The number of benzene rings is 2. The molecule has 3 aromatic rings. The maximum absolute atomic E-state index is 13.9. The molecule has 0 saturated heterocycles. The van der Waals surface area contributed by atoms with E-state index in [4.69, 9.17) is 11.6 Å². The van der Waals surface area contributed by atoms with Crippen LogP contribution in [-0.4, -0.2) is 21.4 Å². The zero-order chi connectivity index (χ0) is 21.2. The summed E-state index contributed by atoms with van der Waals surface area (Å²) in [6, 6.07) is 9.04. The minimum absolute atomic E-state index is 0.0360. The van der Waals surface area contributed by atoms with Gasteiger partial charge >= 0.3 is 0 Å². The zero-order valence-electron chi connectivity index (χ0n) is 14.7. The number of carbonyl (C=O) groups excluding carboxylic acids is 1. The number of anilines is 2. The Morgan fingerprint density at radius 2 is 1.83 bits per heavy atom. The van der Waals surface area contributed by atoms with Gasteiger partial charge in [0.05, 0.1) is 17.7 Å². The highest BCUT2D eigenvalue weighted by molar-refractivity contribution is 7.92. The fourth-order valence-corrected chi connectivity index (χ4v) is 4.50. The monoisotopic (exact) mass is 458 g/mol. The van der Waals surface area contributed by atoms with Crippen LogP contribution in [0.4, 0.5) is 20.2 Å². The predicted molar refractivity (Wildman–Crippen MR) is 107 cm³/mol. The number of nitrogens with one attached hydrogen (secondary N) is 2. The van der Waals surface area contributed by atoms with E-state index in [1.54, 1.807) is 18.2 Å². The summed E-state index contributed by atoms with van der Waals surface area (Å²) in [7, 11) is -3.31. The highest BCUT2D eigenvalue weighted by atomic mass is 35.5. The van der Waals surface area contributed by atoms with Gasteiger partial charge in [0, 0.05) is 10.7 Å². The van der Waals surface area contributed by atoms with Crippen LogP contribution in [0.1, 0.15) is 9.67 Å². The first-order chi connectivity index (χ1) is 13.7. The molecule has 0 aliphatic carbocycles. The third-order valence-electron chi connectivity index (χ3n) is 3.68. The maximum Gasteiger partial charge on any atom is 0.267 e. The van der Waals surface area contributed by atoms with Crippen molar-refractivity contribution in [2.24, 2.45) is 0 Å². The van der Waals surface area contributed by atoms with Gasteiger partial charge in [-0.3, -0.25) is 9.52 Å². The highest BCUT2D eigenvalue weighted by Crippen LogP contribution is 2.29. The lowest BCUT2D eigenvalue weighted by atomic mass is 10.3. The van der Waals surface area contributed by atoms with E-state index >= 15 is 0 Å². The molecule has 2 aromatic carbocycles. The summed E-state index contributed by atoms with van der Waals surface area (Å²) < 4.78 is 59.6. The molecular weight excluding hydrogens is 446 g/mol. The van der Waals surface area contributed by atoms with Gasteiger partial charge in [0.15, 0.2) is 17.4 Å². The molecule has 0 atom stereocenters. The van der Waals surface area contributed by atoms with E-state index in [9.17, 15) is 22.0 Å². The number of hydrogen-bond donors (Lipinski definition) is 2. The largest absolute Gasteiger partial charge is 0.491 e. The summed E-state index contributed by atoms with van der Waals surface area (Å²) in [5, 5.41) is 4.52. The molecule has 152 valence electrons. The number of amides is 1. The Kier molecular flexibility index (Phi) is 6.06. The second-order valence-electron chi connectivity index (χ2n) is 5.65. The van der Waals surface area contributed by atoms with E-state index in [1.165, 1.54) is 17.5 Å². The van der Waals surface area contributed by atoms with Gasteiger partial charge in [0.25, 0.3) is 15.9 Å². The molecule has 0 saturated carbocycles. The lowest BCUT2D eigenvalue weighted by Crippen LogP contribution is -2.17. The summed E-state index contributed by atoms with van der Waals surface area (Å²) in [5.74, 6) is -3.61. The van der Waals surface area contributed by atoms with E-state index in [0.29, 0.717) is 22.8 Å². The highest BCUT2D eigenvalue weighted by Gasteiger charge is 2.23. The Morgan fingerprint density at radius 3 is 2.45 bits per heavy atom. The van der Waals surface area contributed by atoms with Gasteiger partial charge in [-0.1, -0.05) is 17.7 Å². The van der Waals surface area contributed by atoms with Gasteiger partial charge in [-0.25, -0.2) is 17.2 Å². The Hall–Kier alpha value is -2.69. The fraction of sp³-hybridized carbons (Fsp3) is 0.0556. The number of carbonyl (C=O) groups is 1. The first kappa shape index (κ1) is 21.0. The zero-order valence-corrected chi connectivity index (χ0v) is 17.1. The quantitative estimate of drug-likeness (QED) is 0.558. The second-order valence-corrected chi connectivity index (χ2v) is 8.69.